The van der Waals surface area contributed by atoms with Crippen LogP contribution in [-0.4, -0.2) is 7.05 Å². The Bertz CT molecular complexity index is 336. The molecule has 0 aromatic carbocycles. The molecule has 96 valence electrons. The van der Waals surface area contributed by atoms with Gasteiger partial charge in [0, 0.05) is 6.42 Å². The van der Waals surface area contributed by atoms with Crippen LogP contribution in [0.5, 0.6) is 0 Å². The predicted molar refractivity (Wildman–Crippen MR) is 71.0 cm³/mol. The topological polar surface area (TPSA) is 25.2 Å². The van der Waals surface area contributed by atoms with Crippen LogP contribution >= 0.6 is 0 Å². The van der Waals surface area contributed by atoms with Gasteiger partial charge in [-0.15, -0.1) is 0 Å². The standard InChI is InChI=1S/C15H25NO/c1-4-13-9-10-14(17-13)15(16-3)12-7-5-11(2)6-8-12/h9-12,15-16H,4-8H2,1-3H3. The van der Waals surface area contributed by atoms with Gasteiger partial charge in [0.05, 0.1) is 6.04 Å². The number of hydrogen-bond donors (Lipinski definition) is 1. The number of rotatable bonds is 4. The summed E-state index contributed by atoms with van der Waals surface area (Å²) >= 11 is 0. The largest absolute Gasteiger partial charge is 0.464 e. The Kier molecular flexibility index (Phi) is 4.27. The zero-order valence-electron chi connectivity index (χ0n) is 11.3. The first kappa shape index (κ1) is 12.7. The molecule has 2 heteroatoms. The quantitative estimate of drug-likeness (QED) is 0.855. The fraction of sp³-hybridized carbons (Fsp3) is 0.733. The number of hydrogen-bond acceptors (Lipinski definition) is 2. The molecule has 0 radical (unpaired) electrons. The zero-order valence-corrected chi connectivity index (χ0v) is 11.3. The van der Waals surface area contributed by atoms with E-state index in [1.807, 2.05) is 0 Å². The van der Waals surface area contributed by atoms with E-state index in [1.165, 1.54) is 25.7 Å². The van der Waals surface area contributed by atoms with Crippen molar-refractivity contribution in [1.29, 1.82) is 0 Å². The van der Waals surface area contributed by atoms with Crippen molar-refractivity contribution in [1.82, 2.24) is 5.32 Å². The molecule has 1 fully saturated rings. The molecule has 2 rings (SSSR count). The molecule has 1 unspecified atom stereocenters. The molecule has 0 spiro atoms. The lowest BCUT2D eigenvalue weighted by Gasteiger charge is -2.31. The van der Waals surface area contributed by atoms with E-state index in [9.17, 15) is 0 Å². The fourth-order valence-electron chi connectivity index (χ4n) is 2.98. The monoisotopic (exact) mass is 235 g/mol. The van der Waals surface area contributed by atoms with Crippen molar-refractivity contribution >= 4 is 0 Å². The van der Waals surface area contributed by atoms with Crippen LogP contribution in [0.3, 0.4) is 0 Å². The van der Waals surface area contributed by atoms with Gasteiger partial charge in [0.15, 0.2) is 0 Å². The lowest BCUT2D eigenvalue weighted by atomic mass is 9.78. The first-order valence-electron chi connectivity index (χ1n) is 7.00. The van der Waals surface area contributed by atoms with E-state index in [4.69, 9.17) is 4.42 Å². The maximum absolute atomic E-state index is 5.90. The van der Waals surface area contributed by atoms with E-state index in [0.717, 1.165) is 29.8 Å². The third-order valence-electron chi connectivity index (χ3n) is 4.18. The van der Waals surface area contributed by atoms with Crippen molar-refractivity contribution in [2.24, 2.45) is 11.8 Å². The molecule has 0 bridgehead atoms. The fourth-order valence-corrected chi connectivity index (χ4v) is 2.98. The van der Waals surface area contributed by atoms with E-state index in [2.05, 4.69) is 38.3 Å². The summed E-state index contributed by atoms with van der Waals surface area (Å²) in [7, 11) is 2.05. The van der Waals surface area contributed by atoms with Crippen molar-refractivity contribution < 1.29 is 4.42 Å². The first-order chi connectivity index (χ1) is 8.24. The van der Waals surface area contributed by atoms with Gasteiger partial charge in [0.2, 0.25) is 0 Å². The molecule has 1 N–H and O–H groups in total. The maximum atomic E-state index is 5.90. The molecule has 1 aromatic rings. The number of aryl methyl sites for hydroxylation is 1. The van der Waals surface area contributed by atoms with Gasteiger partial charge in [-0.25, -0.2) is 0 Å². The molecule has 0 aliphatic heterocycles. The Hall–Kier alpha value is -0.760. The Labute approximate surface area is 105 Å². The van der Waals surface area contributed by atoms with E-state index in [1.54, 1.807) is 0 Å². The smallest absolute Gasteiger partial charge is 0.121 e. The predicted octanol–water partition coefficient (Wildman–Crippen LogP) is 3.93. The zero-order chi connectivity index (χ0) is 12.3. The SMILES string of the molecule is CCc1ccc(C(NC)C2CCC(C)CC2)o1. The second-order valence-electron chi connectivity index (χ2n) is 5.44. The Balaban J connectivity index is 2.05. The molecule has 1 heterocycles. The Morgan fingerprint density at radius 1 is 1.29 bits per heavy atom. The third-order valence-corrected chi connectivity index (χ3v) is 4.18. The molecule has 1 saturated carbocycles. The molecule has 1 aliphatic rings. The normalized spacial score (nSPS) is 27.0. The minimum Gasteiger partial charge on any atom is -0.464 e. The number of nitrogens with one attached hydrogen (secondary N) is 1. The highest BCUT2D eigenvalue weighted by atomic mass is 16.3. The van der Waals surface area contributed by atoms with Crippen LogP contribution in [0, 0.1) is 11.8 Å². The summed E-state index contributed by atoms with van der Waals surface area (Å²) in [6, 6.07) is 4.67. The summed E-state index contributed by atoms with van der Waals surface area (Å²) in [4.78, 5) is 0. The van der Waals surface area contributed by atoms with Gasteiger partial charge in [0.25, 0.3) is 0 Å². The van der Waals surface area contributed by atoms with Crippen molar-refractivity contribution in [3.8, 4) is 0 Å². The van der Waals surface area contributed by atoms with E-state index in [-0.39, 0.29) is 0 Å². The van der Waals surface area contributed by atoms with Gasteiger partial charge in [-0.05, 0) is 43.9 Å². The second kappa shape index (κ2) is 5.72. The van der Waals surface area contributed by atoms with Crippen LogP contribution in [0.25, 0.3) is 0 Å². The summed E-state index contributed by atoms with van der Waals surface area (Å²) in [5, 5.41) is 3.45. The van der Waals surface area contributed by atoms with Gasteiger partial charge in [-0.2, -0.15) is 0 Å². The van der Waals surface area contributed by atoms with Crippen LogP contribution in [0.15, 0.2) is 16.5 Å². The van der Waals surface area contributed by atoms with Crippen molar-refractivity contribution in [3.05, 3.63) is 23.7 Å². The Morgan fingerprint density at radius 2 is 2.00 bits per heavy atom. The maximum Gasteiger partial charge on any atom is 0.121 e. The van der Waals surface area contributed by atoms with Crippen LogP contribution in [-0.2, 0) is 6.42 Å². The molecule has 17 heavy (non-hydrogen) atoms. The first-order valence-corrected chi connectivity index (χ1v) is 7.00. The lowest BCUT2D eigenvalue weighted by Crippen LogP contribution is -2.28. The average molecular weight is 235 g/mol. The van der Waals surface area contributed by atoms with Crippen LogP contribution < -0.4 is 5.32 Å². The lowest BCUT2D eigenvalue weighted by molar-refractivity contribution is 0.217. The van der Waals surface area contributed by atoms with Crippen molar-refractivity contribution in [3.63, 3.8) is 0 Å². The van der Waals surface area contributed by atoms with Gasteiger partial charge in [-0.1, -0.05) is 26.7 Å². The van der Waals surface area contributed by atoms with Gasteiger partial charge >= 0.3 is 0 Å². The van der Waals surface area contributed by atoms with E-state index < -0.39 is 0 Å². The van der Waals surface area contributed by atoms with Crippen LogP contribution in [0.4, 0.5) is 0 Å². The summed E-state index contributed by atoms with van der Waals surface area (Å²) in [5.41, 5.74) is 0. The molecular weight excluding hydrogens is 210 g/mol. The molecule has 0 saturated heterocycles. The molecule has 1 aromatic heterocycles. The summed E-state index contributed by atoms with van der Waals surface area (Å²) in [5.74, 6) is 3.88. The van der Waals surface area contributed by atoms with Crippen molar-refractivity contribution in [2.45, 2.75) is 52.0 Å². The number of furan rings is 1. The van der Waals surface area contributed by atoms with Gasteiger partial charge in [-0.3, -0.25) is 0 Å². The van der Waals surface area contributed by atoms with Gasteiger partial charge < -0.3 is 9.73 Å². The summed E-state index contributed by atoms with van der Waals surface area (Å²) in [6.07, 6.45) is 6.37. The molecule has 0 amide bonds. The van der Waals surface area contributed by atoms with E-state index in [0.29, 0.717) is 6.04 Å². The summed E-state index contributed by atoms with van der Waals surface area (Å²) in [6.45, 7) is 4.51. The second-order valence-corrected chi connectivity index (χ2v) is 5.44. The highest BCUT2D eigenvalue weighted by Crippen LogP contribution is 2.37. The van der Waals surface area contributed by atoms with Crippen LogP contribution in [0.2, 0.25) is 0 Å². The van der Waals surface area contributed by atoms with Crippen molar-refractivity contribution in [2.75, 3.05) is 7.05 Å². The van der Waals surface area contributed by atoms with E-state index >= 15 is 0 Å². The van der Waals surface area contributed by atoms with Crippen LogP contribution in [0.1, 0.15) is 57.1 Å². The third kappa shape index (κ3) is 2.92. The molecule has 1 atom stereocenters. The van der Waals surface area contributed by atoms with Gasteiger partial charge in [0.1, 0.15) is 11.5 Å². The summed E-state index contributed by atoms with van der Waals surface area (Å²) < 4.78 is 5.90. The molecular formula is C15H25NO. The highest BCUT2D eigenvalue weighted by Gasteiger charge is 2.28. The average Bonchev–Trinajstić information content (AvgIpc) is 2.81. The minimum absolute atomic E-state index is 0.405. The molecule has 1 aliphatic carbocycles. The minimum atomic E-state index is 0.405. The Morgan fingerprint density at radius 3 is 2.53 bits per heavy atom. The highest BCUT2D eigenvalue weighted by molar-refractivity contribution is 5.12. The molecule has 2 nitrogen and oxygen atoms in total.